The van der Waals surface area contributed by atoms with Gasteiger partial charge in [-0.05, 0) is 30.3 Å². The van der Waals surface area contributed by atoms with Crippen LogP contribution in [0.1, 0.15) is 11.1 Å². The fourth-order valence-electron chi connectivity index (χ4n) is 1.53. The summed E-state index contributed by atoms with van der Waals surface area (Å²) in [5.74, 6) is 0.664. The zero-order valence-electron chi connectivity index (χ0n) is 10.1. The van der Waals surface area contributed by atoms with Crippen molar-refractivity contribution in [2.24, 2.45) is 0 Å². The third-order valence-electron chi connectivity index (χ3n) is 2.51. The minimum Gasteiger partial charge on any atom is -0.456 e. The Morgan fingerprint density at radius 3 is 2.30 bits per heavy atom. The average molecular weight is 265 g/mol. The SMILES string of the molecule is N#Cc1ccc(Oc2ccc([N+](=O)[O-])cc2C#N)cc1. The van der Waals surface area contributed by atoms with Gasteiger partial charge in [0.2, 0.25) is 0 Å². The molecule has 0 aliphatic carbocycles. The van der Waals surface area contributed by atoms with Crippen LogP contribution in [0.2, 0.25) is 0 Å². The molecule has 0 unspecified atom stereocenters. The van der Waals surface area contributed by atoms with Crippen molar-refractivity contribution in [3.05, 3.63) is 63.7 Å². The maximum atomic E-state index is 10.6. The van der Waals surface area contributed by atoms with E-state index >= 15 is 0 Å². The van der Waals surface area contributed by atoms with Crippen molar-refractivity contribution in [2.45, 2.75) is 0 Å². The van der Waals surface area contributed by atoms with Crippen molar-refractivity contribution >= 4 is 5.69 Å². The van der Waals surface area contributed by atoms with Crippen LogP contribution >= 0.6 is 0 Å². The summed E-state index contributed by atoms with van der Waals surface area (Å²) in [6.45, 7) is 0. The summed E-state index contributed by atoms with van der Waals surface area (Å²) in [6, 6.07) is 13.9. The Bertz CT molecular complexity index is 740. The van der Waals surface area contributed by atoms with E-state index in [0.717, 1.165) is 6.07 Å². The summed E-state index contributed by atoms with van der Waals surface area (Å²) in [7, 11) is 0. The molecule has 0 saturated carbocycles. The monoisotopic (exact) mass is 265 g/mol. The van der Waals surface area contributed by atoms with Crippen LogP contribution in [-0.2, 0) is 0 Å². The number of nitrogens with zero attached hydrogens (tertiary/aromatic N) is 3. The summed E-state index contributed by atoms with van der Waals surface area (Å²) in [6.07, 6.45) is 0. The smallest absolute Gasteiger partial charge is 0.271 e. The summed E-state index contributed by atoms with van der Waals surface area (Å²) in [5, 5.41) is 28.3. The molecular weight excluding hydrogens is 258 g/mol. The first-order valence-electron chi connectivity index (χ1n) is 5.50. The molecule has 6 heteroatoms. The van der Waals surface area contributed by atoms with E-state index in [9.17, 15) is 10.1 Å². The molecule has 2 aromatic carbocycles. The van der Waals surface area contributed by atoms with E-state index in [1.54, 1.807) is 24.3 Å². The molecule has 6 nitrogen and oxygen atoms in total. The zero-order valence-corrected chi connectivity index (χ0v) is 10.1. The Morgan fingerprint density at radius 1 is 1.05 bits per heavy atom. The summed E-state index contributed by atoms with van der Waals surface area (Å²) < 4.78 is 5.48. The molecule has 2 rings (SSSR count). The Labute approximate surface area is 114 Å². The molecule has 0 aromatic heterocycles. The molecule has 0 amide bonds. The highest BCUT2D eigenvalue weighted by atomic mass is 16.6. The lowest BCUT2D eigenvalue weighted by molar-refractivity contribution is -0.384. The molecule has 0 aliphatic rings. The lowest BCUT2D eigenvalue weighted by atomic mass is 10.2. The molecule has 96 valence electrons. The fraction of sp³-hybridized carbons (Fsp3) is 0. The number of nitriles is 2. The van der Waals surface area contributed by atoms with Crippen molar-refractivity contribution in [2.75, 3.05) is 0 Å². The van der Waals surface area contributed by atoms with Gasteiger partial charge in [-0.2, -0.15) is 10.5 Å². The van der Waals surface area contributed by atoms with Crippen LogP contribution in [0.5, 0.6) is 11.5 Å². The van der Waals surface area contributed by atoms with Crippen molar-refractivity contribution in [3.63, 3.8) is 0 Å². The van der Waals surface area contributed by atoms with E-state index in [0.29, 0.717) is 11.3 Å². The van der Waals surface area contributed by atoms with Crippen molar-refractivity contribution in [1.29, 1.82) is 10.5 Å². The lowest BCUT2D eigenvalue weighted by Crippen LogP contribution is -1.92. The second-order valence-electron chi connectivity index (χ2n) is 3.79. The van der Waals surface area contributed by atoms with Crippen LogP contribution in [0, 0.1) is 32.8 Å². The summed E-state index contributed by atoms with van der Waals surface area (Å²) in [5.41, 5.74) is 0.388. The van der Waals surface area contributed by atoms with Gasteiger partial charge in [0.25, 0.3) is 5.69 Å². The number of rotatable bonds is 3. The van der Waals surface area contributed by atoms with Crippen molar-refractivity contribution in [3.8, 4) is 23.6 Å². The van der Waals surface area contributed by atoms with E-state index in [2.05, 4.69) is 0 Å². The van der Waals surface area contributed by atoms with Crippen LogP contribution in [-0.4, -0.2) is 4.92 Å². The van der Waals surface area contributed by atoms with E-state index in [-0.39, 0.29) is 17.0 Å². The Morgan fingerprint density at radius 2 is 1.75 bits per heavy atom. The molecule has 0 N–H and O–H groups in total. The Kier molecular flexibility index (Phi) is 3.60. The highest BCUT2D eigenvalue weighted by Crippen LogP contribution is 2.28. The Hall–Kier alpha value is -3.38. The van der Waals surface area contributed by atoms with E-state index in [1.807, 2.05) is 12.1 Å². The molecule has 20 heavy (non-hydrogen) atoms. The maximum absolute atomic E-state index is 10.6. The summed E-state index contributed by atoms with van der Waals surface area (Å²) in [4.78, 5) is 10.1. The molecule has 0 bridgehead atoms. The fourth-order valence-corrected chi connectivity index (χ4v) is 1.53. The molecule has 0 saturated heterocycles. The van der Waals surface area contributed by atoms with Crippen LogP contribution in [0.25, 0.3) is 0 Å². The molecule has 0 fully saturated rings. The first-order valence-corrected chi connectivity index (χ1v) is 5.50. The molecule has 0 heterocycles. The molecule has 0 spiro atoms. The van der Waals surface area contributed by atoms with Gasteiger partial charge in [0, 0.05) is 12.1 Å². The van der Waals surface area contributed by atoms with Gasteiger partial charge in [-0.15, -0.1) is 0 Å². The third-order valence-corrected chi connectivity index (χ3v) is 2.51. The van der Waals surface area contributed by atoms with Crippen molar-refractivity contribution < 1.29 is 9.66 Å². The van der Waals surface area contributed by atoms with Gasteiger partial charge in [-0.1, -0.05) is 0 Å². The van der Waals surface area contributed by atoms with Gasteiger partial charge in [0.15, 0.2) is 0 Å². The largest absolute Gasteiger partial charge is 0.456 e. The van der Waals surface area contributed by atoms with Gasteiger partial charge in [-0.25, -0.2) is 0 Å². The zero-order chi connectivity index (χ0) is 14.5. The van der Waals surface area contributed by atoms with Gasteiger partial charge < -0.3 is 4.74 Å². The van der Waals surface area contributed by atoms with Gasteiger partial charge in [-0.3, -0.25) is 10.1 Å². The highest BCUT2D eigenvalue weighted by molar-refractivity contribution is 5.51. The second-order valence-corrected chi connectivity index (χ2v) is 3.79. The van der Waals surface area contributed by atoms with Crippen LogP contribution in [0.15, 0.2) is 42.5 Å². The Balaban J connectivity index is 2.31. The van der Waals surface area contributed by atoms with Gasteiger partial charge >= 0.3 is 0 Å². The number of ether oxygens (including phenoxy) is 1. The normalized spacial score (nSPS) is 9.30. The van der Waals surface area contributed by atoms with Gasteiger partial charge in [0.05, 0.1) is 16.6 Å². The second kappa shape index (κ2) is 5.51. The van der Waals surface area contributed by atoms with Crippen molar-refractivity contribution in [1.82, 2.24) is 0 Å². The topological polar surface area (TPSA) is 99.9 Å². The number of nitro benzene ring substituents is 1. The molecule has 2 aromatic rings. The minimum atomic E-state index is -0.577. The number of hydrogen-bond donors (Lipinski definition) is 0. The van der Waals surface area contributed by atoms with Crippen LogP contribution < -0.4 is 4.74 Å². The molecule has 0 radical (unpaired) electrons. The first kappa shape index (κ1) is 13.1. The predicted octanol–water partition coefficient (Wildman–Crippen LogP) is 3.13. The minimum absolute atomic E-state index is 0.0727. The molecular formula is C14H7N3O3. The average Bonchev–Trinajstić information content (AvgIpc) is 2.48. The number of non-ortho nitro benzene ring substituents is 1. The maximum Gasteiger partial charge on any atom is 0.271 e. The lowest BCUT2D eigenvalue weighted by Gasteiger charge is -2.07. The first-order chi connectivity index (χ1) is 9.63. The van der Waals surface area contributed by atoms with Gasteiger partial charge in [0.1, 0.15) is 23.1 Å². The van der Waals surface area contributed by atoms with E-state index < -0.39 is 4.92 Å². The third kappa shape index (κ3) is 2.71. The predicted molar refractivity (Wildman–Crippen MR) is 69.0 cm³/mol. The molecule has 0 atom stereocenters. The quantitative estimate of drug-likeness (QED) is 0.626. The number of benzene rings is 2. The number of nitro groups is 1. The van der Waals surface area contributed by atoms with Crippen LogP contribution in [0.4, 0.5) is 5.69 Å². The molecule has 0 aliphatic heterocycles. The summed E-state index contributed by atoms with van der Waals surface area (Å²) >= 11 is 0. The van der Waals surface area contributed by atoms with E-state index in [1.165, 1.54) is 12.1 Å². The van der Waals surface area contributed by atoms with Crippen LogP contribution in [0.3, 0.4) is 0 Å². The number of hydrogen-bond acceptors (Lipinski definition) is 5. The standard InChI is InChI=1S/C14H7N3O3/c15-8-10-1-4-13(5-2-10)20-14-6-3-12(17(18)19)7-11(14)9-16/h1-7H. The highest BCUT2D eigenvalue weighted by Gasteiger charge is 2.12. The van der Waals surface area contributed by atoms with E-state index in [4.69, 9.17) is 15.3 Å².